The summed E-state index contributed by atoms with van der Waals surface area (Å²) >= 11 is 0. The van der Waals surface area contributed by atoms with Crippen molar-refractivity contribution in [3.63, 3.8) is 0 Å². The van der Waals surface area contributed by atoms with Crippen molar-refractivity contribution < 1.29 is 4.79 Å². The number of aryl methyl sites for hydroxylation is 2. The van der Waals surface area contributed by atoms with Crippen LogP contribution in [0.2, 0.25) is 0 Å². The lowest BCUT2D eigenvalue weighted by atomic mass is 9.87. The number of fused-ring (bicyclic) bond motifs is 1. The van der Waals surface area contributed by atoms with E-state index in [-0.39, 0.29) is 17.9 Å². The zero-order chi connectivity index (χ0) is 19.4. The quantitative estimate of drug-likeness (QED) is 0.599. The third kappa shape index (κ3) is 4.24. The third-order valence-corrected chi connectivity index (χ3v) is 5.39. The second-order valence-electron chi connectivity index (χ2n) is 7.44. The van der Waals surface area contributed by atoms with Gasteiger partial charge in [-0.15, -0.1) is 0 Å². The second-order valence-corrected chi connectivity index (χ2v) is 7.44. The zero-order valence-corrected chi connectivity index (χ0v) is 16.8. The molecule has 1 heterocycles. The molecule has 1 N–H and O–H groups in total. The Kier molecular flexibility index (Phi) is 6.00. The molecule has 0 fully saturated rings. The van der Waals surface area contributed by atoms with Crippen LogP contribution in [0.1, 0.15) is 56.2 Å². The van der Waals surface area contributed by atoms with Crippen molar-refractivity contribution in [2.45, 2.75) is 59.0 Å². The molecule has 2 aromatic carbocycles. The van der Waals surface area contributed by atoms with E-state index >= 15 is 0 Å². The molecule has 0 saturated carbocycles. The van der Waals surface area contributed by atoms with Gasteiger partial charge in [-0.3, -0.25) is 4.79 Å². The predicted molar refractivity (Wildman–Crippen MR) is 113 cm³/mol. The fraction of sp³-hybridized carbons (Fsp3) is 0.375. The van der Waals surface area contributed by atoms with Crippen LogP contribution in [0.25, 0.3) is 10.9 Å². The topological polar surface area (TPSA) is 34.0 Å². The van der Waals surface area contributed by atoms with E-state index in [2.05, 4.69) is 92.3 Å². The number of hydrogen-bond donors (Lipinski definition) is 1. The first-order chi connectivity index (χ1) is 13.0. The van der Waals surface area contributed by atoms with Gasteiger partial charge in [0.15, 0.2) is 0 Å². The minimum Gasteiger partial charge on any atom is -0.354 e. The van der Waals surface area contributed by atoms with Crippen LogP contribution in [0.15, 0.2) is 54.7 Å². The Morgan fingerprint density at radius 3 is 2.59 bits per heavy atom. The fourth-order valence-corrected chi connectivity index (χ4v) is 3.73. The molecule has 142 valence electrons. The Morgan fingerprint density at radius 1 is 1.11 bits per heavy atom. The van der Waals surface area contributed by atoms with Crippen molar-refractivity contribution in [2.24, 2.45) is 0 Å². The predicted octanol–water partition coefficient (Wildman–Crippen LogP) is 5.41. The van der Waals surface area contributed by atoms with Crippen molar-refractivity contribution in [1.82, 2.24) is 9.88 Å². The van der Waals surface area contributed by atoms with Gasteiger partial charge < -0.3 is 9.88 Å². The van der Waals surface area contributed by atoms with Crippen LogP contribution in [0.3, 0.4) is 0 Å². The van der Waals surface area contributed by atoms with E-state index in [1.807, 2.05) is 0 Å². The van der Waals surface area contributed by atoms with E-state index in [4.69, 9.17) is 0 Å². The number of amides is 1. The van der Waals surface area contributed by atoms with Crippen molar-refractivity contribution in [2.75, 3.05) is 0 Å². The van der Waals surface area contributed by atoms with Crippen LogP contribution in [0, 0.1) is 6.92 Å². The van der Waals surface area contributed by atoms with Crippen LogP contribution >= 0.6 is 0 Å². The summed E-state index contributed by atoms with van der Waals surface area (Å²) in [7, 11) is 0. The van der Waals surface area contributed by atoms with Crippen LogP contribution < -0.4 is 5.32 Å². The molecule has 0 aliphatic heterocycles. The van der Waals surface area contributed by atoms with Crippen molar-refractivity contribution in [1.29, 1.82) is 0 Å². The highest BCUT2D eigenvalue weighted by Gasteiger charge is 2.23. The van der Waals surface area contributed by atoms with Gasteiger partial charge in [0.2, 0.25) is 5.91 Å². The lowest BCUT2D eigenvalue weighted by Gasteiger charge is -2.19. The first-order valence-corrected chi connectivity index (χ1v) is 9.97. The number of aromatic nitrogens is 1. The molecule has 2 atom stereocenters. The number of rotatable bonds is 7. The number of hydrogen-bond acceptors (Lipinski definition) is 1. The summed E-state index contributed by atoms with van der Waals surface area (Å²) < 4.78 is 2.28. The zero-order valence-electron chi connectivity index (χ0n) is 16.8. The first-order valence-electron chi connectivity index (χ1n) is 9.97. The van der Waals surface area contributed by atoms with Gasteiger partial charge in [0.05, 0.1) is 0 Å². The smallest absolute Gasteiger partial charge is 0.221 e. The normalized spacial score (nSPS) is 13.5. The van der Waals surface area contributed by atoms with Crippen molar-refractivity contribution in [3.05, 3.63) is 71.4 Å². The summed E-state index contributed by atoms with van der Waals surface area (Å²) in [5, 5.41) is 4.38. The summed E-state index contributed by atoms with van der Waals surface area (Å²) in [5.41, 5.74) is 4.89. The first kappa shape index (κ1) is 19.2. The third-order valence-electron chi connectivity index (χ3n) is 5.39. The molecular formula is C24H30N2O. The highest BCUT2D eigenvalue weighted by molar-refractivity contribution is 5.86. The Hall–Kier alpha value is -2.55. The van der Waals surface area contributed by atoms with Gasteiger partial charge in [-0.1, -0.05) is 55.0 Å². The summed E-state index contributed by atoms with van der Waals surface area (Å²) in [6, 6.07) is 17.2. The molecule has 0 radical (unpaired) electrons. The average Bonchev–Trinajstić information content (AvgIpc) is 3.04. The van der Waals surface area contributed by atoms with Crippen molar-refractivity contribution >= 4 is 16.8 Å². The lowest BCUT2D eigenvalue weighted by molar-refractivity contribution is -0.121. The Morgan fingerprint density at radius 2 is 1.89 bits per heavy atom. The largest absolute Gasteiger partial charge is 0.354 e. The van der Waals surface area contributed by atoms with Gasteiger partial charge in [0, 0.05) is 42.0 Å². The minimum atomic E-state index is 0.0478. The van der Waals surface area contributed by atoms with E-state index in [1.54, 1.807) is 0 Å². The van der Waals surface area contributed by atoms with Gasteiger partial charge in [-0.2, -0.15) is 0 Å². The van der Waals surface area contributed by atoms with E-state index in [0.29, 0.717) is 6.42 Å². The maximum absolute atomic E-state index is 12.7. The Balaban J connectivity index is 2.06. The maximum atomic E-state index is 12.7. The number of benzene rings is 2. The molecule has 3 nitrogen and oxygen atoms in total. The standard InChI is InChI=1S/C24H30N2O/c1-5-18(4)25-24(27)15-21(19-11-9-10-17(3)14-19)22-16-26(6-2)23-13-8-7-12-20(22)23/h7-14,16,18,21H,5-6,15H2,1-4H3,(H,25,27)/t18-,21-/m1/s1. The van der Waals surface area contributed by atoms with Crippen LogP contribution in [0.5, 0.6) is 0 Å². The van der Waals surface area contributed by atoms with Gasteiger partial charge in [0.25, 0.3) is 0 Å². The summed E-state index contributed by atoms with van der Waals surface area (Å²) in [4.78, 5) is 12.7. The van der Waals surface area contributed by atoms with E-state index in [0.717, 1.165) is 13.0 Å². The van der Waals surface area contributed by atoms with Crippen LogP contribution in [-0.4, -0.2) is 16.5 Å². The number of para-hydroxylation sites is 1. The molecule has 0 unspecified atom stereocenters. The van der Waals surface area contributed by atoms with Gasteiger partial charge in [-0.25, -0.2) is 0 Å². The van der Waals surface area contributed by atoms with E-state index in [9.17, 15) is 4.79 Å². The molecule has 0 aliphatic carbocycles. The number of nitrogens with zero attached hydrogens (tertiary/aromatic N) is 1. The maximum Gasteiger partial charge on any atom is 0.221 e. The molecule has 0 saturated heterocycles. The Labute approximate surface area is 162 Å². The molecule has 3 aromatic rings. The summed E-state index contributed by atoms with van der Waals surface area (Å²) in [5.74, 6) is 0.163. The monoisotopic (exact) mass is 362 g/mol. The van der Waals surface area contributed by atoms with Crippen molar-refractivity contribution in [3.8, 4) is 0 Å². The SMILES string of the molecule is CC[C@@H](C)NC(=O)C[C@H](c1cccc(C)c1)c1cn(CC)c2ccccc12. The minimum absolute atomic E-state index is 0.0478. The lowest BCUT2D eigenvalue weighted by Crippen LogP contribution is -2.33. The van der Waals surface area contributed by atoms with E-state index in [1.165, 1.54) is 27.6 Å². The molecule has 3 heteroatoms. The van der Waals surface area contributed by atoms with Crippen LogP contribution in [-0.2, 0) is 11.3 Å². The molecule has 0 spiro atoms. The number of nitrogens with one attached hydrogen (secondary N) is 1. The van der Waals surface area contributed by atoms with Gasteiger partial charge >= 0.3 is 0 Å². The molecule has 1 aromatic heterocycles. The molecule has 3 rings (SSSR count). The number of carbonyl (C=O) groups excluding carboxylic acids is 1. The highest BCUT2D eigenvalue weighted by Crippen LogP contribution is 2.35. The second kappa shape index (κ2) is 8.43. The molecule has 27 heavy (non-hydrogen) atoms. The average molecular weight is 363 g/mol. The van der Waals surface area contributed by atoms with E-state index < -0.39 is 0 Å². The van der Waals surface area contributed by atoms with Crippen LogP contribution in [0.4, 0.5) is 0 Å². The summed E-state index contributed by atoms with van der Waals surface area (Å²) in [6.07, 6.45) is 3.63. The molecule has 0 bridgehead atoms. The fourth-order valence-electron chi connectivity index (χ4n) is 3.73. The molecule has 0 aliphatic rings. The number of carbonyl (C=O) groups is 1. The molecular weight excluding hydrogens is 332 g/mol. The van der Waals surface area contributed by atoms with Gasteiger partial charge in [-0.05, 0) is 44.4 Å². The summed E-state index contributed by atoms with van der Waals surface area (Å²) in [6.45, 7) is 9.34. The molecule has 1 amide bonds. The highest BCUT2D eigenvalue weighted by atomic mass is 16.1. The Bertz CT molecular complexity index is 925. The van der Waals surface area contributed by atoms with Gasteiger partial charge in [0.1, 0.15) is 0 Å².